The highest BCUT2D eigenvalue weighted by Crippen LogP contribution is 2.13. The number of piperidine rings is 1. The lowest BCUT2D eigenvalue weighted by molar-refractivity contribution is -0.136. The Labute approximate surface area is 116 Å². The van der Waals surface area contributed by atoms with E-state index in [4.69, 9.17) is 11.6 Å². The van der Waals surface area contributed by atoms with E-state index in [0.717, 1.165) is 6.42 Å². The lowest BCUT2D eigenvalue weighted by Crippen LogP contribution is -2.43. The number of benzene rings is 1. The normalized spacial score (nSPS) is 19.2. The predicted octanol–water partition coefficient (Wildman–Crippen LogP) is 1.32. The van der Waals surface area contributed by atoms with Gasteiger partial charge in [-0.2, -0.15) is 5.10 Å². The lowest BCUT2D eigenvalue weighted by Gasteiger charge is -2.19. The van der Waals surface area contributed by atoms with Crippen molar-refractivity contribution in [3.8, 4) is 0 Å². The number of rotatable bonds is 3. The highest BCUT2D eigenvalue weighted by atomic mass is 35.5. The van der Waals surface area contributed by atoms with Crippen molar-refractivity contribution in [2.45, 2.75) is 12.8 Å². The predicted molar refractivity (Wildman–Crippen MR) is 72.9 cm³/mol. The quantitative estimate of drug-likeness (QED) is 0.498. The second kappa shape index (κ2) is 6.33. The first-order valence-corrected chi connectivity index (χ1v) is 6.41. The van der Waals surface area contributed by atoms with Gasteiger partial charge in [-0.15, -0.1) is 0 Å². The van der Waals surface area contributed by atoms with E-state index in [1.807, 2.05) is 12.1 Å². The van der Waals surface area contributed by atoms with Gasteiger partial charge in [-0.1, -0.05) is 29.8 Å². The molecule has 1 atom stereocenters. The minimum absolute atomic E-state index is 0.239. The molecule has 6 heteroatoms. The van der Waals surface area contributed by atoms with Gasteiger partial charge in [0.25, 0.3) is 5.91 Å². The van der Waals surface area contributed by atoms with E-state index >= 15 is 0 Å². The van der Waals surface area contributed by atoms with Crippen LogP contribution in [-0.4, -0.2) is 24.6 Å². The van der Waals surface area contributed by atoms with Crippen LogP contribution in [0, 0.1) is 5.92 Å². The first-order chi connectivity index (χ1) is 9.18. The number of halogens is 1. The maximum atomic E-state index is 11.8. The average molecular weight is 280 g/mol. The number of nitrogens with zero attached hydrogens (tertiary/aromatic N) is 1. The van der Waals surface area contributed by atoms with E-state index in [1.165, 1.54) is 6.21 Å². The van der Waals surface area contributed by atoms with E-state index in [0.29, 0.717) is 23.6 Å². The van der Waals surface area contributed by atoms with Gasteiger partial charge in [-0.25, -0.2) is 5.43 Å². The minimum atomic E-state index is -0.655. The zero-order valence-corrected chi connectivity index (χ0v) is 11.0. The molecule has 1 aromatic carbocycles. The second-order valence-electron chi connectivity index (χ2n) is 4.24. The highest BCUT2D eigenvalue weighted by Gasteiger charge is 2.28. The van der Waals surface area contributed by atoms with E-state index < -0.39 is 5.92 Å². The van der Waals surface area contributed by atoms with Crippen LogP contribution in [0.25, 0.3) is 0 Å². The van der Waals surface area contributed by atoms with E-state index in [1.54, 1.807) is 12.1 Å². The van der Waals surface area contributed by atoms with Crippen molar-refractivity contribution in [1.29, 1.82) is 0 Å². The van der Waals surface area contributed by atoms with Crippen molar-refractivity contribution in [2.24, 2.45) is 11.0 Å². The maximum Gasteiger partial charge on any atom is 0.252 e. The molecule has 19 heavy (non-hydrogen) atoms. The smallest absolute Gasteiger partial charge is 0.252 e. The second-order valence-corrected chi connectivity index (χ2v) is 4.65. The first-order valence-electron chi connectivity index (χ1n) is 6.03. The number of amides is 2. The molecule has 5 nitrogen and oxygen atoms in total. The van der Waals surface area contributed by atoms with Gasteiger partial charge in [0.15, 0.2) is 0 Å². The van der Waals surface area contributed by atoms with Crippen molar-refractivity contribution < 1.29 is 9.59 Å². The zero-order valence-electron chi connectivity index (χ0n) is 10.2. The van der Waals surface area contributed by atoms with Crippen LogP contribution in [0.1, 0.15) is 18.4 Å². The molecule has 0 saturated carbocycles. The summed E-state index contributed by atoms with van der Waals surface area (Å²) in [6.45, 7) is 0.630. The van der Waals surface area contributed by atoms with Gasteiger partial charge in [-0.05, 0) is 18.9 Å². The van der Waals surface area contributed by atoms with Gasteiger partial charge < -0.3 is 5.32 Å². The Hall–Kier alpha value is -1.88. The molecule has 1 aliphatic rings. The molecule has 2 rings (SSSR count). The molecule has 1 aliphatic heterocycles. The van der Waals surface area contributed by atoms with Crippen LogP contribution in [-0.2, 0) is 9.59 Å². The van der Waals surface area contributed by atoms with Crippen molar-refractivity contribution in [3.05, 3.63) is 34.9 Å². The molecule has 100 valence electrons. The van der Waals surface area contributed by atoms with Crippen molar-refractivity contribution in [3.63, 3.8) is 0 Å². The third-order valence-corrected chi connectivity index (χ3v) is 3.23. The number of nitrogens with one attached hydrogen (secondary N) is 2. The zero-order chi connectivity index (χ0) is 13.7. The fraction of sp³-hybridized carbons (Fsp3) is 0.308. The number of hydrogen-bond acceptors (Lipinski definition) is 3. The molecule has 1 aromatic rings. The van der Waals surface area contributed by atoms with Gasteiger partial charge >= 0.3 is 0 Å². The van der Waals surface area contributed by atoms with Crippen molar-refractivity contribution >= 4 is 29.6 Å². The summed E-state index contributed by atoms with van der Waals surface area (Å²) in [7, 11) is 0. The Morgan fingerprint density at radius 2 is 2.26 bits per heavy atom. The molecule has 1 saturated heterocycles. The van der Waals surface area contributed by atoms with Crippen LogP contribution >= 0.6 is 11.6 Å². The Morgan fingerprint density at radius 3 is 3.00 bits per heavy atom. The van der Waals surface area contributed by atoms with Crippen molar-refractivity contribution in [2.75, 3.05) is 6.54 Å². The molecule has 1 heterocycles. The molecule has 0 unspecified atom stereocenters. The summed E-state index contributed by atoms with van der Waals surface area (Å²) in [4.78, 5) is 23.2. The SMILES string of the molecule is O=C1NCCC[C@H]1C(=O)N/N=C\c1ccccc1Cl. The summed E-state index contributed by atoms with van der Waals surface area (Å²) < 4.78 is 0. The largest absolute Gasteiger partial charge is 0.355 e. The summed E-state index contributed by atoms with van der Waals surface area (Å²) in [5.41, 5.74) is 3.08. The van der Waals surface area contributed by atoms with Crippen LogP contribution in [0.4, 0.5) is 0 Å². The number of carbonyl (C=O) groups excluding carboxylic acids is 2. The van der Waals surface area contributed by atoms with Crippen LogP contribution < -0.4 is 10.7 Å². The summed E-state index contributed by atoms with van der Waals surface area (Å²) in [6.07, 6.45) is 2.82. The van der Waals surface area contributed by atoms with Crippen LogP contribution in [0.15, 0.2) is 29.4 Å². The highest BCUT2D eigenvalue weighted by molar-refractivity contribution is 6.33. The molecule has 0 spiro atoms. The van der Waals surface area contributed by atoms with Crippen LogP contribution in [0.3, 0.4) is 0 Å². The third kappa shape index (κ3) is 3.54. The van der Waals surface area contributed by atoms with Gasteiger partial charge in [0.1, 0.15) is 5.92 Å². The fourth-order valence-electron chi connectivity index (χ4n) is 1.85. The monoisotopic (exact) mass is 279 g/mol. The molecule has 0 radical (unpaired) electrons. The number of hydrogen-bond donors (Lipinski definition) is 2. The van der Waals surface area contributed by atoms with Gasteiger partial charge in [-0.3, -0.25) is 9.59 Å². The Kier molecular flexibility index (Phi) is 4.52. The minimum Gasteiger partial charge on any atom is -0.355 e. The van der Waals surface area contributed by atoms with Gasteiger partial charge in [0, 0.05) is 17.1 Å². The van der Waals surface area contributed by atoms with Crippen LogP contribution in [0.2, 0.25) is 5.02 Å². The third-order valence-electron chi connectivity index (χ3n) is 2.89. The van der Waals surface area contributed by atoms with Crippen LogP contribution in [0.5, 0.6) is 0 Å². The summed E-state index contributed by atoms with van der Waals surface area (Å²) >= 11 is 5.94. The molecular weight excluding hydrogens is 266 g/mol. The fourth-order valence-corrected chi connectivity index (χ4v) is 2.03. The summed E-state index contributed by atoms with van der Waals surface area (Å²) in [6, 6.07) is 7.15. The molecule has 1 fully saturated rings. The molecule has 2 N–H and O–H groups in total. The molecular formula is C13H14ClN3O2. The average Bonchev–Trinajstić information content (AvgIpc) is 2.41. The summed E-state index contributed by atoms with van der Waals surface area (Å²) in [5.74, 6) is -1.28. The Bertz CT molecular complexity index is 516. The first kappa shape index (κ1) is 13.5. The Balaban J connectivity index is 1.93. The molecule has 2 amide bonds. The molecule has 0 aromatic heterocycles. The Morgan fingerprint density at radius 1 is 1.47 bits per heavy atom. The van der Waals surface area contributed by atoms with Gasteiger partial charge in [0.2, 0.25) is 5.91 Å². The van der Waals surface area contributed by atoms with E-state index in [-0.39, 0.29) is 11.8 Å². The standard InChI is InChI=1S/C13H14ClN3O2/c14-11-6-2-1-4-9(11)8-16-17-13(19)10-5-3-7-15-12(10)18/h1-2,4,6,8,10H,3,5,7H2,(H,15,18)(H,17,19)/b16-8-/t10-/m1/s1. The molecule has 0 aliphatic carbocycles. The van der Waals surface area contributed by atoms with Crippen molar-refractivity contribution in [1.82, 2.24) is 10.7 Å². The number of hydrazone groups is 1. The topological polar surface area (TPSA) is 70.6 Å². The maximum absolute atomic E-state index is 11.8. The van der Waals surface area contributed by atoms with E-state index in [9.17, 15) is 9.59 Å². The van der Waals surface area contributed by atoms with E-state index in [2.05, 4.69) is 15.8 Å². The van der Waals surface area contributed by atoms with Gasteiger partial charge in [0.05, 0.1) is 6.21 Å². The lowest BCUT2D eigenvalue weighted by atomic mass is 9.98. The summed E-state index contributed by atoms with van der Waals surface area (Å²) in [5, 5.41) is 7.03. The number of carbonyl (C=O) groups is 2. The molecule has 0 bridgehead atoms.